The van der Waals surface area contributed by atoms with Crippen molar-refractivity contribution < 1.29 is 9.18 Å². The summed E-state index contributed by atoms with van der Waals surface area (Å²) in [5.74, 6) is -0.920. The third-order valence-corrected chi connectivity index (χ3v) is 3.45. The first-order chi connectivity index (χ1) is 10.4. The highest BCUT2D eigenvalue weighted by molar-refractivity contribution is 6.68. The molecule has 0 spiro atoms. The Bertz CT molecular complexity index is 629. The van der Waals surface area contributed by atoms with Gasteiger partial charge in [0.05, 0.1) is 0 Å². The minimum atomic E-state index is -1.77. The van der Waals surface area contributed by atoms with Gasteiger partial charge in [-0.05, 0) is 36.4 Å². The van der Waals surface area contributed by atoms with Crippen molar-refractivity contribution in [3.05, 3.63) is 66.0 Å². The molecule has 2 N–H and O–H groups in total. The number of hydrogen-bond donors (Lipinski definition) is 2. The Hall–Kier alpha value is -1.49. The standard InChI is InChI=1S/C15H12Cl3FN2O/c16-15(17,18)14(20-12-4-2-1-3-5-12)21-13(22)10-6-8-11(19)9-7-10/h1-9,14,20H,(H,21,22)/t14-/m0/s1. The first kappa shape index (κ1) is 16.9. The topological polar surface area (TPSA) is 41.1 Å². The molecule has 0 aliphatic heterocycles. The molecule has 2 aromatic carbocycles. The second-order valence-electron chi connectivity index (χ2n) is 4.47. The highest BCUT2D eigenvalue weighted by Gasteiger charge is 2.34. The zero-order valence-corrected chi connectivity index (χ0v) is 13.5. The molecule has 0 radical (unpaired) electrons. The monoisotopic (exact) mass is 360 g/mol. The Morgan fingerprint density at radius 3 is 2.14 bits per heavy atom. The third-order valence-electron chi connectivity index (χ3n) is 2.79. The molecule has 0 fully saturated rings. The Kier molecular flexibility index (Phi) is 5.51. The molecule has 116 valence electrons. The largest absolute Gasteiger partial charge is 0.362 e. The van der Waals surface area contributed by atoms with E-state index in [1.807, 2.05) is 6.07 Å². The van der Waals surface area contributed by atoms with Crippen molar-refractivity contribution in [3.8, 4) is 0 Å². The van der Waals surface area contributed by atoms with Crippen molar-refractivity contribution in [1.82, 2.24) is 5.32 Å². The van der Waals surface area contributed by atoms with Crippen LogP contribution in [0.2, 0.25) is 0 Å². The van der Waals surface area contributed by atoms with Crippen LogP contribution in [0.1, 0.15) is 10.4 Å². The summed E-state index contributed by atoms with van der Waals surface area (Å²) in [4.78, 5) is 12.2. The van der Waals surface area contributed by atoms with Crippen LogP contribution in [0.3, 0.4) is 0 Å². The van der Waals surface area contributed by atoms with Gasteiger partial charge in [-0.2, -0.15) is 0 Å². The molecule has 0 saturated heterocycles. The van der Waals surface area contributed by atoms with E-state index >= 15 is 0 Å². The zero-order valence-electron chi connectivity index (χ0n) is 11.2. The first-order valence-corrected chi connectivity index (χ1v) is 7.44. The van der Waals surface area contributed by atoms with Gasteiger partial charge in [0.25, 0.3) is 5.91 Å². The molecule has 22 heavy (non-hydrogen) atoms. The number of benzene rings is 2. The number of carbonyl (C=O) groups excluding carboxylic acids is 1. The van der Waals surface area contributed by atoms with Crippen LogP contribution in [0, 0.1) is 5.82 Å². The van der Waals surface area contributed by atoms with Gasteiger partial charge < -0.3 is 10.6 Å². The number of carbonyl (C=O) groups is 1. The van der Waals surface area contributed by atoms with Gasteiger partial charge >= 0.3 is 0 Å². The molecule has 0 aliphatic rings. The molecular formula is C15H12Cl3FN2O. The summed E-state index contributed by atoms with van der Waals surface area (Å²) in [7, 11) is 0. The van der Waals surface area contributed by atoms with Gasteiger partial charge in [0, 0.05) is 11.3 Å². The molecule has 0 heterocycles. The van der Waals surface area contributed by atoms with Crippen LogP contribution < -0.4 is 10.6 Å². The highest BCUT2D eigenvalue weighted by Crippen LogP contribution is 2.31. The van der Waals surface area contributed by atoms with E-state index in [1.54, 1.807) is 24.3 Å². The average molecular weight is 362 g/mol. The van der Waals surface area contributed by atoms with Crippen LogP contribution >= 0.6 is 34.8 Å². The second kappa shape index (κ2) is 7.18. The van der Waals surface area contributed by atoms with Crippen LogP contribution in [0.25, 0.3) is 0 Å². The predicted octanol–water partition coefficient (Wildman–Crippen LogP) is 4.36. The van der Waals surface area contributed by atoms with E-state index in [0.717, 1.165) is 0 Å². The lowest BCUT2D eigenvalue weighted by atomic mass is 10.2. The van der Waals surface area contributed by atoms with Crippen LogP contribution in [-0.2, 0) is 0 Å². The molecule has 1 atom stereocenters. The minimum absolute atomic E-state index is 0.260. The SMILES string of the molecule is O=C(N[C@H](Nc1ccccc1)C(Cl)(Cl)Cl)c1ccc(F)cc1. The van der Waals surface area contributed by atoms with E-state index in [-0.39, 0.29) is 5.56 Å². The lowest BCUT2D eigenvalue weighted by Gasteiger charge is -2.27. The molecule has 0 bridgehead atoms. The Morgan fingerprint density at radius 1 is 1.00 bits per heavy atom. The Labute approximate surface area is 142 Å². The van der Waals surface area contributed by atoms with Gasteiger partial charge in [-0.1, -0.05) is 53.0 Å². The number of rotatable bonds is 4. The van der Waals surface area contributed by atoms with Crippen molar-refractivity contribution in [2.24, 2.45) is 0 Å². The first-order valence-electron chi connectivity index (χ1n) is 6.31. The summed E-state index contributed by atoms with van der Waals surface area (Å²) in [5, 5.41) is 5.50. The smallest absolute Gasteiger partial charge is 0.252 e. The number of para-hydroxylation sites is 1. The minimum Gasteiger partial charge on any atom is -0.362 e. The maximum Gasteiger partial charge on any atom is 0.252 e. The van der Waals surface area contributed by atoms with E-state index in [1.165, 1.54) is 24.3 Å². The quantitative estimate of drug-likeness (QED) is 0.627. The number of amides is 1. The van der Waals surface area contributed by atoms with Crippen LogP contribution in [0.4, 0.5) is 10.1 Å². The molecule has 0 unspecified atom stereocenters. The zero-order chi connectivity index (χ0) is 16.2. The maximum atomic E-state index is 12.9. The van der Waals surface area contributed by atoms with Gasteiger partial charge in [0.2, 0.25) is 3.79 Å². The van der Waals surface area contributed by atoms with Gasteiger partial charge in [-0.25, -0.2) is 4.39 Å². The molecule has 0 aromatic heterocycles. The highest BCUT2D eigenvalue weighted by atomic mass is 35.6. The van der Waals surface area contributed by atoms with Crippen molar-refractivity contribution >= 4 is 46.4 Å². The summed E-state index contributed by atoms with van der Waals surface area (Å²) in [6.07, 6.45) is -0.961. The fourth-order valence-corrected chi connectivity index (χ4v) is 2.04. The van der Waals surface area contributed by atoms with E-state index in [0.29, 0.717) is 5.69 Å². The Morgan fingerprint density at radius 2 is 1.59 bits per heavy atom. The fourth-order valence-electron chi connectivity index (χ4n) is 1.72. The van der Waals surface area contributed by atoms with E-state index in [4.69, 9.17) is 34.8 Å². The van der Waals surface area contributed by atoms with Gasteiger partial charge in [0.15, 0.2) is 0 Å². The molecule has 0 saturated carbocycles. The number of hydrogen-bond acceptors (Lipinski definition) is 2. The number of halogens is 4. The van der Waals surface area contributed by atoms with Gasteiger partial charge in [0.1, 0.15) is 12.0 Å². The van der Waals surface area contributed by atoms with Crippen LogP contribution in [0.5, 0.6) is 0 Å². The molecule has 2 aromatic rings. The van der Waals surface area contributed by atoms with Crippen LogP contribution in [0.15, 0.2) is 54.6 Å². The van der Waals surface area contributed by atoms with Gasteiger partial charge in [-0.3, -0.25) is 4.79 Å². The normalized spacial score (nSPS) is 12.5. The second-order valence-corrected chi connectivity index (χ2v) is 6.83. The summed E-state index contributed by atoms with van der Waals surface area (Å²) in [6, 6.07) is 14.1. The van der Waals surface area contributed by atoms with E-state index in [2.05, 4.69) is 10.6 Å². The van der Waals surface area contributed by atoms with E-state index in [9.17, 15) is 9.18 Å². The van der Waals surface area contributed by atoms with Crippen molar-refractivity contribution in [2.45, 2.75) is 9.96 Å². The molecule has 7 heteroatoms. The Balaban J connectivity index is 2.13. The summed E-state index contributed by atoms with van der Waals surface area (Å²) in [6.45, 7) is 0. The lowest BCUT2D eigenvalue weighted by Crippen LogP contribution is -2.49. The maximum absolute atomic E-state index is 12.9. The van der Waals surface area contributed by atoms with E-state index < -0.39 is 21.7 Å². The molecule has 3 nitrogen and oxygen atoms in total. The van der Waals surface area contributed by atoms with Crippen molar-refractivity contribution in [3.63, 3.8) is 0 Å². The van der Waals surface area contributed by atoms with Crippen molar-refractivity contribution in [1.29, 1.82) is 0 Å². The lowest BCUT2D eigenvalue weighted by molar-refractivity contribution is 0.0942. The molecule has 2 rings (SSSR count). The summed E-state index contributed by atoms with van der Waals surface area (Å²) >= 11 is 17.7. The molecule has 0 aliphatic carbocycles. The number of anilines is 1. The predicted molar refractivity (Wildman–Crippen MR) is 88.0 cm³/mol. The number of nitrogens with one attached hydrogen (secondary N) is 2. The van der Waals surface area contributed by atoms with Crippen LogP contribution in [-0.4, -0.2) is 15.9 Å². The average Bonchev–Trinajstić information content (AvgIpc) is 2.47. The summed E-state index contributed by atoms with van der Waals surface area (Å²) in [5.41, 5.74) is 0.939. The van der Waals surface area contributed by atoms with Crippen molar-refractivity contribution in [2.75, 3.05) is 5.32 Å². The molecule has 1 amide bonds. The fraction of sp³-hybridized carbons (Fsp3) is 0.133. The third kappa shape index (κ3) is 4.77. The molecular weight excluding hydrogens is 350 g/mol. The van der Waals surface area contributed by atoms with Gasteiger partial charge in [-0.15, -0.1) is 0 Å². The summed E-state index contributed by atoms with van der Waals surface area (Å²) < 4.78 is 11.1. The number of alkyl halides is 3.